The van der Waals surface area contributed by atoms with Crippen LogP contribution in [-0.2, 0) is 15.1 Å². The van der Waals surface area contributed by atoms with E-state index in [0.717, 1.165) is 12.0 Å². The fraction of sp³-hybridized carbons (Fsp3) is 0.588. The van der Waals surface area contributed by atoms with Crippen LogP contribution < -0.4 is 11.5 Å². The maximum absolute atomic E-state index is 11.8. The highest BCUT2D eigenvalue weighted by Gasteiger charge is 2.34. The van der Waals surface area contributed by atoms with Crippen molar-refractivity contribution in [1.82, 2.24) is 0 Å². The molecular weight excluding hydrogens is 264 g/mol. The van der Waals surface area contributed by atoms with Crippen LogP contribution in [0.15, 0.2) is 30.3 Å². The topological polar surface area (TPSA) is 78.3 Å². The molecule has 0 aromatic heterocycles. The van der Waals surface area contributed by atoms with E-state index in [1.54, 1.807) is 0 Å². The van der Waals surface area contributed by atoms with Crippen LogP contribution in [0.5, 0.6) is 0 Å². The van der Waals surface area contributed by atoms with Crippen molar-refractivity contribution >= 4 is 5.91 Å². The summed E-state index contributed by atoms with van der Waals surface area (Å²) < 4.78 is 5.97. The highest BCUT2D eigenvalue weighted by Crippen LogP contribution is 2.28. The van der Waals surface area contributed by atoms with Gasteiger partial charge in [-0.05, 0) is 24.3 Å². The van der Waals surface area contributed by atoms with E-state index in [2.05, 4.69) is 6.92 Å². The van der Waals surface area contributed by atoms with Gasteiger partial charge in [0.2, 0.25) is 5.91 Å². The van der Waals surface area contributed by atoms with Gasteiger partial charge in [-0.2, -0.15) is 0 Å². The molecule has 1 aromatic rings. The summed E-state index contributed by atoms with van der Waals surface area (Å²) in [5.74, 6) is 0.0743. The van der Waals surface area contributed by atoms with Crippen LogP contribution in [0.4, 0.5) is 0 Å². The Morgan fingerprint density at radius 3 is 2.57 bits per heavy atom. The van der Waals surface area contributed by atoms with Gasteiger partial charge >= 0.3 is 0 Å². The van der Waals surface area contributed by atoms with Crippen molar-refractivity contribution in [2.24, 2.45) is 17.4 Å². The van der Waals surface area contributed by atoms with E-state index in [-0.39, 0.29) is 6.10 Å². The minimum absolute atomic E-state index is 0.284. The van der Waals surface area contributed by atoms with E-state index in [4.69, 9.17) is 16.2 Å². The summed E-state index contributed by atoms with van der Waals surface area (Å²) in [6.07, 6.45) is 5.51. The van der Waals surface area contributed by atoms with Gasteiger partial charge in [-0.1, -0.05) is 50.1 Å². The van der Waals surface area contributed by atoms with E-state index in [9.17, 15) is 4.79 Å². The first-order chi connectivity index (χ1) is 10.0. The van der Waals surface area contributed by atoms with Crippen LogP contribution >= 0.6 is 0 Å². The molecule has 0 radical (unpaired) electrons. The molecule has 1 amide bonds. The Balaban J connectivity index is 1.96. The molecule has 2 rings (SSSR count). The van der Waals surface area contributed by atoms with Crippen molar-refractivity contribution in [3.63, 3.8) is 0 Å². The third-order valence-electron chi connectivity index (χ3n) is 4.59. The molecule has 0 spiro atoms. The van der Waals surface area contributed by atoms with Crippen molar-refractivity contribution in [1.29, 1.82) is 0 Å². The van der Waals surface area contributed by atoms with Gasteiger partial charge in [0, 0.05) is 13.0 Å². The van der Waals surface area contributed by atoms with Gasteiger partial charge < -0.3 is 16.2 Å². The smallest absolute Gasteiger partial charge is 0.242 e. The van der Waals surface area contributed by atoms with Gasteiger partial charge in [0.05, 0.1) is 6.10 Å². The summed E-state index contributed by atoms with van der Waals surface area (Å²) in [4.78, 5) is 11.8. The highest BCUT2D eigenvalue weighted by molar-refractivity contribution is 5.85. The maximum atomic E-state index is 11.8. The van der Waals surface area contributed by atoms with Crippen LogP contribution in [-0.4, -0.2) is 18.6 Å². The molecule has 0 bridgehead atoms. The first kappa shape index (κ1) is 16.0. The molecule has 1 saturated carbocycles. The lowest BCUT2D eigenvalue weighted by molar-refractivity contribution is -0.124. The summed E-state index contributed by atoms with van der Waals surface area (Å²) in [6.45, 7) is 2.69. The zero-order valence-electron chi connectivity index (χ0n) is 12.8. The molecule has 3 unspecified atom stereocenters. The zero-order valence-corrected chi connectivity index (χ0v) is 12.8. The van der Waals surface area contributed by atoms with Gasteiger partial charge in [-0.3, -0.25) is 4.79 Å². The van der Waals surface area contributed by atoms with Crippen LogP contribution in [0.25, 0.3) is 0 Å². The predicted octanol–water partition coefficient (Wildman–Crippen LogP) is 2.31. The number of carbonyl (C=O) groups is 1. The molecule has 3 atom stereocenters. The number of amides is 1. The molecule has 0 heterocycles. The predicted molar refractivity (Wildman–Crippen MR) is 83.5 cm³/mol. The van der Waals surface area contributed by atoms with E-state index in [1.165, 1.54) is 19.3 Å². The molecule has 4 N–H and O–H groups in total. The van der Waals surface area contributed by atoms with Gasteiger partial charge in [0.15, 0.2) is 0 Å². The minimum atomic E-state index is -1.15. The number of ether oxygens (including phenoxy) is 1. The second-order valence-corrected chi connectivity index (χ2v) is 6.12. The fourth-order valence-electron chi connectivity index (χ4n) is 3.05. The van der Waals surface area contributed by atoms with Crippen LogP contribution in [0, 0.1) is 5.92 Å². The minimum Gasteiger partial charge on any atom is -0.378 e. The molecule has 0 saturated heterocycles. The summed E-state index contributed by atoms with van der Waals surface area (Å²) in [5.41, 5.74) is 11.4. The second kappa shape index (κ2) is 7.05. The molecule has 1 aliphatic rings. The zero-order chi connectivity index (χ0) is 15.3. The molecule has 1 aromatic carbocycles. The molecule has 0 aliphatic heterocycles. The number of nitrogens with two attached hydrogens (primary N) is 2. The number of benzene rings is 1. The molecule has 4 heteroatoms. The van der Waals surface area contributed by atoms with E-state index in [0.29, 0.717) is 18.9 Å². The second-order valence-electron chi connectivity index (χ2n) is 6.12. The summed E-state index contributed by atoms with van der Waals surface area (Å²) in [6, 6.07) is 9.31. The fourth-order valence-corrected chi connectivity index (χ4v) is 3.05. The molecular formula is C17H26N2O2. The summed E-state index contributed by atoms with van der Waals surface area (Å²) >= 11 is 0. The number of hydrogen-bond acceptors (Lipinski definition) is 3. The highest BCUT2D eigenvalue weighted by atomic mass is 16.5. The molecule has 1 fully saturated rings. The first-order valence-corrected chi connectivity index (χ1v) is 7.80. The lowest BCUT2D eigenvalue weighted by Crippen LogP contribution is -2.50. The number of rotatable bonds is 6. The van der Waals surface area contributed by atoms with Crippen molar-refractivity contribution in [2.75, 3.05) is 6.61 Å². The van der Waals surface area contributed by atoms with Crippen molar-refractivity contribution < 1.29 is 9.53 Å². The molecule has 116 valence electrons. The Labute approximate surface area is 126 Å². The van der Waals surface area contributed by atoms with Crippen LogP contribution in [0.3, 0.4) is 0 Å². The van der Waals surface area contributed by atoms with Crippen molar-refractivity contribution in [2.45, 2.75) is 50.7 Å². The van der Waals surface area contributed by atoms with E-state index in [1.807, 2.05) is 30.3 Å². The third-order valence-corrected chi connectivity index (χ3v) is 4.59. The Bertz CT molecular complexity index is 463. The third kappa shape index (κ3) is 3.83. The largest absolute Gasteiger partial charge is 0.378 e. The lowest BCUT2D eigenvalue weighted by atomic mass is 9.86. The van der Waals surface area contributed by atoms with Crippen molar-refractivity contribution in [3.05, 3.63) is 35.9 Å². The van der Waals surface area contributed by atoms with Crippen molar-refractivity contribution in [3.8, 4) is 0 Å². The lowest BCUT2D eigenvalue weighted by Gasteiger charge is -2.31. The van der Waals surface area contributed by atoms with Gasteiger partial charge in [0.1, 0.15) is 5.54 Å². The standard InChI is InChI=1S/C17H26N2O2/c1-13-7-5-6-10-15(13)21-12-11-17(19,16(18)20)14-8-3-2-4-9-14/h2-4,8-9,13,15H,5-7,10-12,19H2,1H3,(H2,18,20). The summed E-state index contributed by atoms with van der Waals surface area (Å²) in [5, 5.41) is 0. The number of hydrogen-bond donors (Lipinski definition) is 2. The molecule has 1 aliphatic carbocycles. The Hall–Kier alpha value is -1.39. The number of primary amides is 1. The van der Waals surface area contributed by atoms with E-state index < -0.39 is 11.4 Å². The number of carbonyl (C=O) groups excluding carboxylic acids is 1. The Kier molecular flexibility index (Phi) is 5.37. The maximum Gasteiger partial charge on any atom is 0.242 e. The van der Waals surface area contributed by atoms with Gasteiger partial charge in [0.25, 0.3) is 0 Å². The molecule has 4 nitrogen and oxygen atoms in total. The average Bonchev–Trinajstić information content (AvgIpc) is 2.49. The molecule has 21 heavy (non-hydrogen) atoms. The van der Waals surface area contributed by atoms with Crippen LogP contribution in [0.1, 0.15) is 44.6 Å². The Morgan fingerprint density at radius 1 is 1.29 bits per heavy atom. The Morgan fingerprint density at radius 2 is 1.95 bits per heavy atom. The van der Waals surface area contributed by atoms with Gasteiger partial charge in [-0.15, -0.1) is 0 Å². The van der Waals surface area contributed by atoms with Crippen LogP contribution in [0.2, 0.25) is 0 Å². The monoisotopic (exact) mass is 290 g/mol. The van der Waals surface area contributed by atoms with Gasteiger partial charge in [-0.25, -0.2) is 0 Å². The first-order valence-electron chi connectivity index (χ1n) is 7.80. The SMILES string of the molecule is CC1CCCCC1OCCC(N)(C(N)=O)c1ccccc1. The quantitative estimate of drug-likeness (QED) is 0.844. The van der Waals surface area contributed by atoms with E-state index >= 15 is 0 Å². The average molecular weight is 290 g/mol. The summed E-state index contributed by atoms with van der Waals surface area (Å²) in [7, 11) is 0. The normalized spacial score (nSPS) is 25.2.